The van der Waals surface area contributed by atoms with E-state index in [0.29, 0.717) is 5.41 Å². The van der Waals surface area contributed by atoms with Crippen molar-refractivity contribution in [1.29, 1.82) is 0 Å². The first-order valence-electron chi connectivity index (χ1n) is 5.46. The third-order valence-corrected chi connectivity index (χ3v) is 4.33. The maximum absolute atomic E-state index is 5.41. The minimum absolute atomic E-state index is 0.506. The average Bonchev–Trinajstić information content (AvgIpc) is 2.26. The Kier molecular flexibility index (Phi) is 6.06. The number of alkyl halides is 1. The van der Waals surface area contributed by atoms with E-state index in [1.165, 1.54) is 32.1 Å². The van der Waals surface area contributed by atoms with Crippen LogP contribution in [0.3, 0.4) is 0 Å². The van der Waals surface area contributed by atoms with Crippen molar-refractivity contribution >= 4 is 15.9 Å². The zero-order chi connectivity index (χ0) is 10.3. The number of hydrogen-bond acceptors (Lipinski definition) is 2. The van der Waals surface area contributed by atoms with Crippen LogP contribution in [-0.2, 0) is 9.47 Å². The molecule has 1 heterocycles. The van der Waals surface area contributed by atoms with Crippen LogP contribution in [0.2, 0.25) is 0 Å². The van der Waals surface area contributed by atoms with Gasteiger partial charge in [-0.1, -0.05) is 22.4 Å². The van der Waals surface area contributed by atoms with E-state index in [2.05, 4.69) is 15.9 Å². The summed E-state index contributed by atoms with van der Waals surface area (Å²) in [5.74, 6) is 0. The summed E-state index contributed by atoms with van der Waals surface area (Å²) in [4.78, 5) is 0. The molecular formula is C11H21BrO2. The van der Waals surface area contributed by atoms with E-state index in [1.54, 1.807) is 7.11 Å². The lowest BCUT2D eigenvalue weighted by molar-refractivity contribution is 0.0208. The zero-order valence-corrected chi connectivity index (χ0v) is 10.6. The Hall–Kier alpha value is 0.400. The second kappa shape index (κ2) is 6.81. The Bertz CT molecular complexity index is 144. The van der Waals surface area contributed by atoms with Crippen LogP contribution in [-0.4, -0.2) is 32.3 Å². The molecule has 0 amide bonds. The van der Waals surface area contributed by atoms with Crippen LogP contribution in [0.25, 0.3) is 0 Å². The number of halogens is 1. The molecule has 1 rings (SSSR count). The predicted octanol–water partition coefficient (Wildman–Crippen LogP) is 2.99. The molecular weight excluding hydrogens is 244 g/mol. The van der Waals surface area contributed by atoms with Gasteiger partial charge in [0, 0.05) is 32.3 Å². The van der Waals surface area contributed by atoms with E-state index in [4.69, 9.17) is 9.47 Å². The van der Waals surface area contributed by atoms with Crippen LogP contribution in [0.5, 0.6) is 0 Å². The molecule has 0 N–H and O–H groups in total. The number of hydrogen-bond donors (Lipinski definition) is 0. The van der Waals surface area contributed by atoms with Crippen LogP contribution >= 0.6 is 15.9 Å². The molecule has 0 saturated carbocycles. The summed E-state index contributed by atoms with van der Waals surface area (Å²) in [6, 6.07) is 0. The van der Waals surface area contributed by atoms with Crippen molar-refractivity contribution in [2.45, 2.75) is 32.1 Å². The summed E-state index contributed by atoms with van der Waals surface area (Å²) in [7, 11) is 1.77. The van der Waals surface area contributed by atoms with Gasteiger partial charge in [0.2, 0.25) is 0 Å². The fourth-order valence-corrected chi connectivity index (χ4v) is 2.84. The molecule has 0 atom stereocenters. The van der Waals surface area contributed by atoms with Gasteiger partial charge in [-0.15, -0.1) is 0 Å². The summed E-state index contributed by atoms with van der Waals surface area (Å²) in [6.45, 7) is 2.78. The standard InChI is InChI=1S/C11H21BrO2/c1-13-7-3-2-4-11(10-12)5-8-14-9-6-11/h2-10H2,1H3. The van der Waals surface area contributed by atoms with Gasteiger partial charge in [0.15, 0.2) is 0 Å². The molecule has 0 radical (unpaired) electrons. The molecule has 1 aliphatic heterocycles. The third-order valence-electron chi connectivity index (χ3n) is 3.14. The van der Waals surface area contributed by atoms with Gasteiger partial charge in [-0.3, -0.25) is 0 Å². The van der Waals surface area contributed by atoms with Crippen molar-refractivity contribution in [2.75, 3.05) is 32.3 Å². The zero-order valence-electron chi connectivity index (χ0n) is 9.06. The van der Waals surface area contributed by atoms with E-state index < -0.39 is 0 Å². The smallest absolute Gasteiger partial charge is 0.0471 e. The molecule has 1 aliphatic rings. The molecule has 0 spiro atoms. The van der Waals surface area contributed by atoms with Gasteiger partial charge in [-0.05, 0) is 31.1 Å². The predicted molar refractivity (Wildman–Crippen MR) is 62.0 cm³/mol. The van der Waals surface area contributed by atoms with Gasteiger partial charge < -0.3 is 9.47 Å². The number of unbranched alkanes of at least 4 members (excludes halogenated alkanes) is 1. The lowest BCUT2D eigenvalue weighted by atomic mass is 9.78. The second-order valence-corrected chi connectivity index (χ2v) is 4.76. The molecule has 14 heavy (non-hydrogen) atoms. The van der Waals surface area contributed by atoms with Gasteiger partial charge in [0.25, 0.3) is 0 Å². The SMILES string of the molecule is COCCCCC1(CBr)CCOCC1. The second-order valence-electron chi connectivity index (χ2n) is 4.20. The molecule has 1 fully saturated rings. The summed E-state index contributed by atoms with van der Waals surface area (Å²) in [5, 5.41) is 1.12. The summed E-state index contributed by atoms with van der Waals surface area (Å²) in [6.07, 6.45) is 6.20. The van der Waals surface area contributed by atoms with E-state index in [9.17, 15) is 0 Å². The van der Waals surface area contributed by atoms with Gasteiger partial charge in [0.1, 0.15) is 0 Å². The van der Waals surface area contributed by atoms with Crippen LogP contribution < -0.4 is 0 Å². The monoisotopic (exact) mass is 264 g/mol. The summed E-state index contributed by atoms with van der Waals surface area (Å²) in [5.41, 5.74) is 0.506. The average molecular weight is 265 g/mol. The van der Waals surface area contributed by atoms with E-state index in [0.717, 1.165) is 25.2 Å². The van der Waals surface area contributed by atoms with E-state index >= 15 is 0 Å². The highest BCUT2D eigenvalue weighted by Gasteiger charge is 2.30. The van der Waals surface area contributed by atoms with Crippen molar-refractivity contribution < 1.29 is 9.47 Å². The quantitative estimate of drug-likeness (QED) is 0.543. The Morgan fingerprint density at radius 3 is 2.57 bits per heavy atom. The third kappa shape index (κ3) is 3.87. The first-order chi connectivity index (χ1) is 6.83. The molecule has 3 heteroatoms. The van der Waals surface area contributed by atoms with Gasteiger partial charge in [-0.25, -0.2) is 0 Å². The first-order valence-corrected chi connectivity index (χ1v) is 6.58. The topological polar surface area (TPSA) is 18.5 Å². The van der Waals surface area contributed by atoms with Crippen molar-refractivity contribution in [3.8, 4) is 0 Å². The molecule has 0 bridgehead atoms. The highest BCUT2D eigenvalue weighted by molar-refractivity contribution is 9.09. The molecule has 0 aromatic carbocycles. The van der Waals surface area contributed by atoms with Crippen molar-refractivity contribution in [1.82, 2.24) is 0 Å². The van der Waals surface area contributed by atoms with Crippen LogP contribution in [0.15, 0.2) is 0 Å². The van der Waals surface area contributed by atoms with Gasteiger partial charge in [-0.2, -0.15) is 0 Å². The molecule has 84 valence electrons. The lowest BCUT2D eigenvalue weighted by Gasteiger charge is -2.35. The van der Waals surface area contributed by atoms with E-state index in [1.807, 2.05) is 0 Å². The van der Waals surface area contributed by atoms with Crippen molar-refractivity contribution in [2.24, 2.45) is 5.41 Å². The molecule has 0 aromatic rings. The number of rotatable bonds is 6. The normalized spacial score (nSPS) is 21.0. The van der Waals surface area contributed by atoms with Crippen molar-refractivity contribution in [3.05, 3.63) is 0 Å². The summed E-state index contributed by atoms with van der Waals surface area (Å²) < 4.78 is 10.5. The highest BCUT2D eigenvalue weighted by Crippen LogP contribution is 2.37. The number of ether oxygens (including phenoxy) is 2. The fourth-order valence-electron chi connectivity index (χ4n) is 2.00. The molecule has 0 aromatic heterocycles. The van der Waals surface area contributed by atoms with Gasteiger partial charge in [0.05, 0.1) is 0 Å². The maximum atomic E-state index is 5.41. The highest BCUT2D eigenvalue weighted by atomic mass is 79.9. The summed E-state index contributed by atoms with van der Waals surface area (Å²) >= 11 is 3.65. The molecule has 1 saturated heterocycles. The molecule has 0 aliphatic carbocycles. The Balaban J connectivity index is 2.22. The largest absolute Gasteiger partial charge is 0.385 e. The fraction of sp³-hybridized carbons (Fsp3) is 1.00. The Morgan fingerprint density at radius 1 is 1.29 bits per heavy atom. The van der Waals surface area contributed by atoms with Crippen LogP contribution in [0.1, 0.15) is 32.1 Å². The van der Waals surface area contributed by atoms with Crippen LogP contribution in [0.4, 0.5) is 0 Å². The number of methoxy groups -OCH3 is 1. The lowest BCUT2D eigenvalue weighted by Crippen LogP contribution is -2.31. The van der Waals surface area contributed by atoms with Crippen molar-refractivity contribution in [3.63, 3.8) is 0 Å². The Labute approximate surface area is 95.5 Å². The maximum Gasteiger partial charge on any atom is 0.0471 e. The van der Waals surface area contributed by atoms with E-state index in [-0.39, 0.29) is 0 Å². The van der Waals surface area contributed by atoms with Crippen LogP contribution in [0, 0.1) is 5.41 Å². The van der Waals surface area contributed by atoms with Gasteiger partial charge >= 0.3 is 0 Å². The minimum Gasteiger partial charge on any atom is -0.385 e. The molecule has 2 nitrogen and oxygen atoms in total. The molecule has 0 unspecified atom stereocenters. The Morgan fingerprint density at radius 2 is 2.00 bits per heavy atom. The minimum atomic E-state index is 0.506. The first kappa shape index (κ1) is 12.5.